The second kappa shape index (κ2) is 5.14. The van der Waals surface area contributed by atoms with Gasteiger partial charge in [0, 0.05) is 12.5 Å². The summed E-state index contributed by atoms with van der Waals surface area (Å²) in [6, 6.07) is 0.195. The first-order valence-electron chi connectivity index (χ1n) is 5.52. The largest absolute Gasteiger partial charge is 0.480 e. The Hall–Kier alpha value is -1.06. The maximum atomic E-state index is 11.7. The van der Waals surface area contributed by atoms with E-state index in [4.69, 9.17) is 5.11 Å². The van der Waals surface area contributed by atoms with Crippen molar-refractivity contribution in [3.05, 3.63) is 0 Å². The average molecular weight is 213 g/mol. The third-order valence-corrected chi connectivity index (χ3v) is 2.55. The van der Waals surface area contributed by atoms with Crippen molar-refractivity contribution in [3.8, 4) is 0 Å². The first-order chi connectivity index (χ1) is 7.00. The van der Waals surface area contributed by atoms with Crippen molar-refractivity contribution in [2.24, 2.45) is 5.92 Å². The quantitative estimate of drug-likeness (QED) is 0.727. The molecule has 0 spiro atoms. The van der Waals surface area contributed by atoms with Gasteiger partial charge in [-0.1, -0.05) is 13.8 Å². The highest BCUT2D eigenvalue weighted by Crippen LogP contribution is 2.27. The van der Waals surface area contributed by atoms with Crippen LogP contribution in [-0.2, 0) is 9.59 Å². The van der Waals surface area contributed by atoms with Crippen LogP contribution in [0.4, 0.5) is 0 Å². The van der Waals surface area contributed by atoms with E-state index in [0.29, 0.717) is 12.3 Å². The SMILES string of the molecule is CC(C)CCC(=O)N(CC(=O)O)C1CC1. The van der Waals surface area contributed by atoms with Gasteiger partial charge in [-0.15, -0.1) is 0 Å². The van der Waals surface area contributed by atoms with Crippen molar-refractivity contribution in [1.82, 2.24) is 4.90 Å². The summed E-state index contributed by atoms with van der Waals surface area (Å²) < 4.78 is 0. The predicted octanol–water partition coefficient (Wildman–Crippen LogP) is 1.50. The molecule has 15 heavy (non-hydrogen) atoms. The van der Waals surface area contributed by atoms with Crippen LogP contribution in [-0.4, -0.2) is 34.5 Å². The van der Waals surface area contributed by atoms with Crippen LogP contribution in [0.15, 0.2) is 0 Å². The summed E-state index contributed by atoms with van der Waals surface area (Å²) in [5.74, 6) is -0.437. The molecule has 1 amide bonds. The van der Waals surface area contributed by atoms with Gasteiger partial charge in [0.05, 0.1) is 0 Å². The lowest BCUT2D eigenvalue weighted by molar-refractivity contribution is -0.145. The van der Waals surface area contributed by atoms with E-state index < -0.39 is 5.97 Å². The van der Waals surface area contributed by atoms with E-state index in [1.54, 1.807) is 0 Å². The van der Waals surface area contributed by atoms with Crippen molar-refractivity contribution in [2.75, 3.05) is 6.54 Å². The van der Waals surface area contributed by atoms with Crippen LogP contribution >= 0.6 is 0 Å². The van der Waals surface area contributed by atoms with Gasteiger partial charge in [0.15, 0.2) is 0 Å². The van der Waals surface area contributed by atoms with Gasteiger partial charge in [-0.05, 0) is 25.2 Å². The summed E-state index contributed by atoms with van der Waals surface area (Å²) in [5.41, 5.74) is 0. The fourth-order valence-corrected chi connectivity index (χ4v) is 1.51. The Bertz CT molecular complexity index is 246. The van der Waals surface area contributed by atoms with Gasteiger partial charge >= 0.3 is 5.97 Å². The number of nitrogens with zero attached hydrogens (tertiary/aromatic N) is 1. The Kier molecular flexibility index (Phi) is 4.12. The molecule has 0 radical (unpaired) electrons. The molecule has 0 aromatic heterocycles. The lowest BCUT2D eigenvalue weighted by atomic mass is 10.1. The molecule has 1 saturated carbocycles. The zero-order valence-corrected chi connectivity index (χ0v) is 9.40. The first kappa shape index (κ1) is 12.0. The monoisotopic (exact) mass is 213 g/mol. The third kappa shape index (κ3) is 4.32. The number of hydrogen-bond donors (Lipinski definition) is 1. The molecule has 0 saturated heterocycles. The molecule has 1 aliphatic rings. The van der Waals surface area contributed by atoms with Gasteiger partial charge in [0.25, 0.3) is 0 Å². The molecule has 4 heteroatoms. The van der Waals surface area contributed by atoms with E-state index in [1.807, 2.05) is 0 Å². The van der Waals surface area contributed by atoms with Crippen molar-refractivity contribution >= 4 is 11.9 Å². The number of amides is 1. The van der Waals surface area contributed by atoms with E-state index in [9.17, 15) is 9.59 Å². The Morgan fingerprint density at radius 1 is 1.40 bits per heavy atom. The Morgan fingerprint density at radius 3 is 2.40 bits per heavy atom. The number of hydrogen-bond acceptors (Lipinski definition) is 2. The normalized spacial score (nSPS) is 15.4. The van der Waals surface area contributed by atoms with Crippen LogP contribution in [0.5, 0.6) is 0 Å². The Labute approximate surface area is 90.3 Å². The molecule has 1 fully saturated rings. The molecule has 0 aromatic rings. The molecular weight excluding hydrogens is 194 g/mol. The third-order valence-electron chi connectivity index (χ3n) is 2.55. The van der Waals surface area contributed by atoms with Crippen molar-refractivity contribution in [1.29, 1.82) is 0 Å². The highest BCUT2D eigenvalue weighted by molar-refractivity contribution is 5.81. The van der Waals surface area contributed by atoms with Crippen LogP contribution < -0.4 is 0 Å². The molecule has 1 aliphatic carbocycles. The molecule has 1 rings (SSSR count). The Balaban J connectivity index is 2.40. The van der Waals surface area contributed by atoms with Gasteiger partial charge in [-0.3, -0.25) is 9.59 Å². The van der Waals surface area contributed by atoms with Crippen molar-refractivity contribution in [2.45, 2.75) is 45.6 Å². The second-order valence-electron chi connectivity index (χ2n) is 4.58. The maximum absolute atomic E-state index is 11.7. The lowest BCUT2D eigenvalue weighted by Crippen LogP contribution is -2.37. The second-order valence-corrected chi connectivity index (χ2v) is 4.58. The molecule has 0 unspecified atom stereocenters. The molecule has 0 aromatic carbocycles. The highest BCUT2D eigenvalue weighted by atomic mass is 16.4. The van der Waals surface area contributed by atoms with E-state index in [-0.39, 0.29) is 18.5 Å². The van der Waals surface area contributed by atoms with E-state index in [1.165, 1.54) is 4.90 Å². The summed E-state index contributed by atoms with van der Waals surface area (Å²) in [6.45, 7) is 3.99. The van der Waals surface area contributed by atoms with Crippen LogP contribution in [0.2, 0.25) is 0 Å². The molecule has 0 aliphatic heterocycles. The number of carboxylic acid groups (broad SMARTS) is 1. The highest BCUT2D eigenvalue weighted by Gasteiger charge is 2.33. The standard InChI is InChI=1S/C11H19NO3/c1-8(2)3-6-10(13)12(7-11(14)15)9-4-5-9/h8-9H,3-7H2,1-2H3,(H,14,15). The van der Waals surface area contributed by atoms with Gasteiger partial charge < -0.3 is 10.0 Å². The van der Waals surface area contributed by atoms with Crippen LogP contribution in [0.1, 0.15) is 39.5 Å². The molecule has 0 atom stereocenters. The summed E-state index contributed by atoms with van der Waals surface area (Å²) in [7, 11) is 0. The topological polar surface area (TPSA) is 57.6 Å². The minimum absolute atomic E-state index is 0.00593. The van der Waals surface area contributed by atoms with Gasteiger partial charge in [0.1, 0.15) is 6.54 Å². The number of aliphatic carboxylic acids is 1. The summed E-state index contributed by atoms with van der Waals surface area (Å²) in [5, 5.41) is 8.69. The van der Waals surface area contributed by atoms with Crippen molar-refractivity contribution in [3.63, 3.8) is 0 Å². The van der Waals surface area contributed by atoms with E-state index in [2.05, 4.69) is 13.8 Å². The van der Waals surface area contributed by atoms with E-state index >= 15 is 0 Å². The fourth-order valence-electron chi connectivity index (χ4n) is 1.51. The number of carbonyl (C=O) groups excluding carboxylic acids is 1. The smallest absolute Gasteiger partial charge is 0.323 e. The molecule has 0 heterocycles. The lowest BCUT2D eigenvalue weighted by Gasteiger charge is -2.20. The molecule has 1 N–H and O–H groups in total. The van der Waals surface area contributed by atoms with E-state index in [0.717, 1.165) is 19.3 Å². The number of carboxylic acids is 1. The predicted molar refractivity (Wildman–Crippen MR) is 56.4 cm³/mol. The van der Waals surface area contributed by atoms with Gasteiger partial charge in [-0.2, -0.15) is 0 Å². The summed E-state index contributed by atoms with van der Waals surface area (Å²) >= 11 is 0. The maximum Gasteiger partial charge on any atom is 0.323 e. The zero-order chi connectivity index (χ0) is 11.4. The molecular formula is C11H19NO3. The minimum Gasteiger partial charge on any atom is -0.480 e. The van der Waals surface area contributed by atoms with Crippen molar-refractivity contribution < 1.29 is 14.7 Å². The van der Waals surface area contributed by atoms with Crippen LogP contribution in [0.25, 0.3) is 0 Å². The van der Waals surface area contributed by atoms with Crippen LogP contribution in [0, 0.1) is 5.92 Å². The minimum atomic E-state index is -0.917. The fraction of sp³-hybridized carbons (Fsp3) is 0.818. The summed E-state index contributed by atoms with van der Waals surface area (Å²) in [4.78, 5) is 23.8. The number of rotatable bonds is 6. The molecule has 86 valence electrons. The van der Waals surface area contributed by atoms with Crippen LogP contribution in [0.3, 0.4) is 0 Å². The average Bonchev–Trinajstić information content (AvgIpc) is 2.93. The summed E-state index contributed by atoms with van der Waals surface area (Å²) in [6.07, 6.45) is 3.23. The first-order valence-corrected chi connectivity index (χ1v) is 5.52. The molecule has 0 bridgehead atoms. The number of carbonyl (C=O) groups is 2. The zero-order valence-electron chi connectivity index (χ0n) is 9.40. The Morgan fingerprint density at radius 2 is 2.00 bits per heavy atom. The molecule has 4 nitrogen and oxygen atoms in total. The van der Waals surface area contributed by atoms with Gasteiger partial charge in [-0.25, -0.2) is 0 Å². The van der Waals surface area contributed by atoms with Gasteiger partial charge in [0.2, 0.25) is 5.91 Å².